The molecule has 5 heteroatoms. The zero-order chi connectivity index (χ0) is 14.0. The molecule has 2 aromatic heterocycles. The highest BCUT2D eigenvalue weighted by atomic mass is 32.1. The third-order valence-electron chi connectivity index (χ3n) is 2.67. The summed E-state index contributed by atoms with van der Waals surface area (Å²) in [5.74, 6) is 0.0753. The second-order valence-corrected chi connectivity index (χ2v) is 5.81. The van der Waals surface area contributed by atoms with Gasteiger partial charge in [0.05, 0.1) is 10.4 Å². The summed E-state index contributed by atoms with van der Waals surface area (Å²) in [4.78, 5) is 24.7. The molecule has 19 heavy (non-hydrogen) atoms. The van der Waals surface area contributed by atoms with E-state index >= 15 is 0 Å². The van der Waals surface area contributed by atoms with Gasteiger partial charge < -0.3 is 0 Å². The Morgan fingerprint density at radius 2 is 2.21 bits per heavy atom. The third kappa shape index (κ3) is 2.98. The predicted molar refractivity (Wildman–Crippen MR) is 76.7 cm³/mol. The summed E-state index contributed by atoms with van der Waals surface area (Å²) in [6.45, 7) is 5.95. The molecule has 0 saturated heterocycles. The summed E-state index contributed by atoms with van der Waals surface area (Å²) >= 11 is 1.54. The topological polar surface area (TPSA) is 52.0 Å². The zero-order valence-electron chi connectivity index (χ0n) is 11.2. The molecule has 2 aromatic rings. The van der Waals surface area contributed by atoms with Crippen molar-refractivity contribution in [1.82, 2.24) is 9.78 Å². The van der Waals surface area contributed by atoms with Gasteiger partial charge in [-0.25, -0.2) is 4.68 Å². The summed E-state index contributed by atoms with van der Waals surface area (Å²) in [5.41, 5.74) is 0.584. The van der Waals surface area contributed by atoms with E-state index in [-0.39, 0.29) is 16.9 Å². The van der Waals surface area contributed by atoms with Crippen molar-refractivity contribution in [2.75, 3.05) is 0 Å². The van der Waals surface area contributed by atoms with Crippen LogP contribution in [0.5, 0.6) is 0 Å². The fourth-order valence-corrected chi connectivity index (χ4v) is 2.49. The molecular formula is C14H16N2O2S. The minimum atomic E-state index is -0.304. The minimum absolute atomic E-state index is 0.207. The number of carbonyl (C=O) groups excluding carboxylic acids is 1. The minimum Gasteiger partial charge on any atom is -0.294 e. The van der Waals surface area contributed by atoms with E-state index in [0.29, 0.717) is 18.2 Å². The van der Waals surface area contributed by atoms with Crippen molar-refractivity contribution in [3.63, 3.8) is 0 Å². The lowest BCUT2D eigenvalue weighted by atomic mass is 10.1. The number of thiophene rings is 1. The predicted octanol–water partition coefficient (Wildman–Crippen LogP) is 2.83. The SMILES string of the molecule is CC(=O)c1cc(-c2cccs2)nn(CC(C)C)c1=O. The quantitative estimate of drug-likeness (QED) is 0.807. The van der Waals surface area contributed by atoms with Crippen LogP contribution in [0.1, 0.15) is 31.1 Å². The fourth-order valence-electron chi connectivity index (χ4n) is 1.81. The van der Waals surface area contributed by atoms with Crippen LogP contribution < -0.4 is 5.56 Å². The van der Waals surface area contributed by atoms with Gasteiger partial charge in [-0.1, -0.05) is 19.9 Å². The van der Waals surface area contributed by atoms with Crippen LogP contribution in [0.25, 0.3) is 10.6 Å². The van der Waals surface area contributed by atoms with Gasteiger partial charge in [0.15, 0.2) is 5.78 Å². The highest BCUT2D eigenvalue weighted by Gasteiger charge is 2.14. The molecule has 0 spiro atoms. The van der Waals surface area contributed by atoms with Crippen LogP contribution in [-0.2, 0) is 6.54 Å². The Kier molecular flexibility index (Phi) is 3.95. The van der Waals surface area contributed by atoms with Crippen molar-refractivity contribution >= 4 is 17.1 Å². The number of carbonyl (C=O) groups is 1. The molecule has 0 fully saturated rings. The lowest BCUT2D eigenvalue weighted by molar-refractivity contribution is 0.101. The van der Waals surface area contributed by atoms with Gasteiger partial charge in [-0.15, -0.1) is 11.3 Å². The van der Waals surface area contributed by atoms with Gasteiger partial charge in [0, 0.05) is 6.54 Å². The molecule has 0 aliphatic rings. The second kappa shape index (κ2) is 5.48. The van der Waals surface area contributed by atoms with Crippen molar-refractivity contribution in [3.05, 3.63) is 39.5 Å². The molecule has 0 saturated carbocycles. The summed E-state index contributed by atoms with van der Waals surface area (Å²) in [7, 11) is 0. The lowest BCUT2D eigenvalue weighted by Crippen LogP contribution is -2.29. The van der Waals surface area contributed by atoms with E-state index in [4.69, 9.17) is 0 Å². The number of ketones is 1. The van der Waals surface area contributed by atoms with Crippen molar-refractivity contribution in [3.8, 4) is 10.6 Å². The summed E-state index contributed by atoms with van der Waals surface area (Å²) < 4.78 is 1.40. The molecule has 0 radical (unpaired) electrons. The van der Waals surface area contributed by atoms with Gasteiger partial charge in [0.1, 0.15) is 5.69 Å². The standard InChI is InChI=1S/C14H16N2O2S/c1-9(2)8-16-14(18)11(10(3)17)7-12(15-16)13-5-4-6-19-13/h4-7,9H,8H2,1-3H3. The van der Waals surface area contributed by atoms with E-state index in [9.17, 15) is 9.59 Å². The van der Waals surface area contributed by atoms with E-state index in [0.717, 1.165) is 4.88 Å². The number of aromatic nitrogens is 2. The molecule has 2 rings (SSSR count). The highest BCUT2D eigenvalue weighted by molar-refractivity contribution is 7.13. The van der Waals surface area contributed by atoms with Crippen LogP contribution in [0.3, 0.4) is 0 Å². The van der Waals surface area contributed by atoms with Gasteiger partial charge in [-0.05, 0) is 30.4 Å². The maximum Gasteiger partial charge on any atom is 0.277 e. The van der Waals surface area contributed by atoms with Crippen LogP contribution in [0.4, 0.5) is 0 Å². The molecule has 0 aliphatic carbocycles. The normalized spacial score (nSPS) is 10.9. The Morgan fingerprint density at radius 3 is 2.74 bits per heavy atom. The van der Waals surface area contributed by atoms with E-state index in [1.54, 1.807) is 17.4 Å². The second-order valence-electron chi connectivity index (χ2n) is 4.86. The molecule has 4 nitrogen and oxygen atoms in total. The molecule has 0 atom stereocenters. The van der Waals surface area contributed by atoms with Gasteiger partial charge in [0.25, 0.3) is 5.56 Å². The molecule has 0 bridgehead atoms. The Bertz CT molecular complexity index is 642. The smallest absolute Gasteiger partial charge is 0.277 e. The molecular weight excluding hydrogens is 260 g/mol. The number of hydrogen-bond acceptors (Lipinski definition) is 4. The van der Waals surface area contributed by atoms with Gasteiger partial charge in [-0.3, -0.25) is 9.59 Å². The lowest BCUT2D eigenvalue weighted by Gasteiger charge is -2.10. The Morgan fingerprint density at radius 1 is 1.47 bits per heavy atom. The molecule has 0 amide bonds. The molecule has 0 N–H and O–H groups in total. The first kappa shape index (κ1) is 13.7. The van der Waals surface area contributed by atoms with Gasteiger partial charge in [0.2, 0.25) is 0 Å². The fraction of sp³-hybridized carbons (Fsp3) is 0.357. The van der Waals surface area contributed by atoms with E-state index < -0.39 is 0 Å². The van der Waals surface area contributed by atoms with Crippen molar-refractivity contribution < 1.29 is 4.79 Å². The zero-order valence-corrected chi connectivity index (χ0v) is 12.0. The van der Waals surface area contributed by atoms with Gasteiger partial charge >= 0.3 is 0 Å². The summed E-state index contributed by atoms with van der Waals surface area (Å²) in [6, 6.07) is 5.45. The van der Waals surface area contributed by atoms with Crippen molar-refractivity contribution in [1.29, 1.82) is 0 Å². The average Bonchev–Trinajstić information content (AvgIpc) is 2.84. The Hall–Kier alpha value is -1.75. The molecule has 0 aliphatic heterocycles. The summed E-state index contributed by atoms with van der Waals surface area (Å²) in [6.07, 6.45) is 0. The number of rotatable bonds is 4. The van der Waals surface area contributed by atoms with Crippen molar-refractivity contribution in [2.45, 2.75) is 27.3 Å². The maximum atomic E-state index is 12.2. The van der Waals surface area contributed by atoms with E-state index in [1.807, 2.05) is 31.4 Å². The van der Waals surface area contributed by atoms with E-state index in [1.165, 1.54) is 11.6 Å². The molecule has 2 heterocycles. The van der Waals surface area contributed by atoms with Crippen LogP contribution >= 0.6 is 11.3 Å². The number of Topliss-reactive ketones (excluding diaryl/α,β-unsaturated/α-hetero) is 1. The molecule has 0 unspecified atom stereocenters. The summed E-state index contributed by atoms with van der Waals surface area (Å²) in [5, 5.41) is 6.31. The average molecular weight is 276 g/mol. The van der Waals surface area contributed by atoms with Gasteiger partial charge in [-0.2, -0.15) is 5.10 Å². The van der Waals surface area contributed by atoms with E-state index in [2.05, 4.69) is 5.10 Å². The van der Waals surface area contributed by atoms with Crippen LogP contribution in [-0.4, -0.2) is 15.6 Å². The van der Waals surface area contributed by atoms with Crippen LogP contribution in [0.15, 0.2) is 28.4 Å². The first-order chi connectivity index (χ1) is 8.99. The van der Waals surface area contributed by atoms with Crippen molar-refractivity contribution in [2.24, 2.45) is 5.92 Å². The number of nitrogens with zero attached hydrogens (tertiary/aromatic N) is 2. The maximum absolute atomic E-state index is 12.2. The first-order valence-electron chi connectivity index (χ1n) is 6.16. The van der Waals surface area contributed by atoms with Crippen LogP contribution in [0.2, 0.25) is 0 Å². The third-order valence-corrected chi connectivity index (χ3v) is 3.56. The first-order valence-corrected chi connectivity index (χ1v) is 7.04. The number of hydrogen-bond donors (Lipinski definition) is 0. The molecule has 100 valence electrons. The Balaban J connectivity index is 2.61. The monoisotopic (exact) mass is 276 g/mol. The highest BCUT2D eigenvalue weighted by Crippen LogP contribution is 2.22. The Labute approximate surface area is 115 Å². The van der Waals surface area contributed by atoms with Crippen LogP contribution in [0, 0.1) is 5.92 Å². The largest absolute Gasteiger partial charge is 0.294 e. The molecule has 0 aromatic carbocycles.